The highest BCUT2D eigenvalue weighted by atomic mass is 16.2. The Hall–Kier alpha value is -2.92. The number of aryl methyl sites for hydroxylation is 1. The molecule has 1 fully saturated rings. The van der Waals surface area contributed by atoms with Crippen molar-refractivity contribution >= 4 is 5.91 Å². The van der Waals surface area contributed by atoms with E-state index >= 15 is 0 Å². The number of carbonyl (C=O) groups excluding carboxylic acids is 1. The number of hydrogen-bond acceptors (Lipinski definition) is 3. The summed E-state index contributed by atoms with van der Waals surface area (Å²) in [4.78, 5) is 22.2. The van der Waals surface area contributed by atoms with Crippen LogP contribution < -0.4 is 0 Å². The number of aromatic nitrogens is 2. The predicted octanol–water partition coefficient (Wildman–Crippen LogP) is 3.53. The zero-order valence-corrected chi connectivity index (χ0v) is 16.7. The van der Waals surface area contributed by atoms with Gasteiger partial charge in [0.2, 0.25) is 0 Å². The lowest BCUT2D eigenvalue weighted by atomic mass is 10.1. The summed E-state index contributed by atoms with van der Waals surface area (Å²) < 4.78 is 2.18. The van der Waals surface area contributed by atoms with Gasteiger partial charge in [0.05, 0.1) is 24.3 Å². The first-order valence-corrected chi connectivity index (χ1v) is 10.4. The Morgan fingerprint density at radius 3 is 2.48 bits per heavy atom. The van der Waals surface area contributed by atoms with E-state index in [9.17, 15) is 4.79 Å². The number of benzene rings is 1. The molecule has 4 heterocycles. The van der Waals surface area contributed by atoms with Crippen LogP contribution in [0.3, 0.4) is 0 Å². The fourth-order valence-electron chi connectivity index (χ4n) is 4.71. The minimum Gasteiger partial charge on any atom is -0.337 e. The summed E-state index contributed by atoms with van der Waals surface area (Å²) in [6, 6.07) is 19.2. The maximum absolute atomic E-state index is 13.2. The quantitative estimate of drug-likeness (QED) is 0.674. The highest BCUT2D eigenvalue weighted by Crippen LogP contribution is 2.35. The second-order valence-electron chi connectivity index (χ2n) is 8.05. The first kappa shape index (κ1) is 18.1. The van der Waals surface area contributed by atoms with Crippen molar-refractivity contribution in [2.45, 2.75) is 38.5 Å². The predicted molar refractivity (Wildman–Crippen MR) is 112 cm³/mol. The Bertz CT molecular complexity index is 995. The van der Waals surface area contributed by atoms with Crippen LogP contribution in [0.1, 0.15) is 40.3 Å². The van der Waals surface area contributed by atoms with Gasteiger partial charge < -0.3 is 9.47 Å². The molecule has 3 aromatic rings. The fraction of sp³-hybridized carbons (Fsp3) is 0.333. The lowest BCUT2D eigenvalue weighted by Gasteiger charge is -2.38. The molecule has 1 saturated heterocycles. The van der Waals surface area contributed by atoms with E-state index in [1.807, 2.05) is 35.2 Å². The van der Waals surface area contributed by atoms with E-state index in [-0.39, 0.29) is 18.0 Å². The van der Waals surface area contributed by atoms with Crippen LogP contribution >= 0.6 is 0 Å². The zero-order chi connectivity index (χ0) is 19.8. The molecule has 2 atom stereocenters. The van der Waals surface area contributed by atoms with Gasteiger partial charge in [0, 0.05) is 32.0 Å². The topological polar surface area (TPSA) is 41.4 Å². The molecule has 0 saturated carbocycles. The van der Waals surface area contributed by atoms with E-state index in [0.29, 0.717) is 6.54 Å². The summed E-state index contributed by atoms with van der Waals surface area (Å²) >= 11 is 0. The Labute approximate surface area is 171 Å². The molecule has 0 unspecified atom stereocenters. The molecule has 0 N–H and O–H groups in total. The second-order valence-corrected chi connectivity index (χ2v) is 8.05. The third kappa shape index (κ3) is 3.36. The smallest absolute Gasteiger partial charge is 0.271 e. The lowest BCUT2D eigenvalue weighted by Crippen LogP contribution is -2.49. The van der Waals surface area contributed by atoms with E-state index in [2.05, 4.69) is 51.8 Å². The molecule has 1 amide bonds. The van der Waals surface area contributed by atoms with E-state index in [4.69, 9.17) is 0 Å². The number of nitrogens with zero attached hydrogens (tertiary/aromatic N) is 4. The summed E-state index contributed by atoms with van der Waals surface area (Å²) in [7, 11) is 0. The molecular formula is C24H26N4O. The van der Waals surface area contributed by atoms with Gasteiger partial charge in [-0.3, -0.25) is 14.7 Å². The zero-order valence-electron chi connectivity index (χ0n) is 16.7. The van der Waals surface area contributed by atoms with E-state index < -0.39 is 0 Å². The van der Waals surface area contributed by atoms with Crippen molar-refractivity contribution in [2.75, 3.05) is 13.1 Å². The highest BCUT2D eigenvalue weighted by Gasteiger charge is 2.44. The van der Waals surface area contributed by atoms with Crippen LogP contribution in [0.4, 0.5) is 0 Å². The molecule has 2 aliphatic heterocycles. The maximum atomic E-state index is 13.2. The minimum absolute atomic E-state index is 0.107. The molecule has 0 radical (unpaired) electrons. The molecular weight excluding hydrogens is 360 g/mol. The summed E-state index contributed by atoms with van der Waals surface area (Å²) in [5.41, 5.74) is 4.42. The Balaban J connectivity index is 1.40. The highest BCUT2D eigenvalue weighted by molar-refractivity contribution is 5.94. The van der Waals surface area contributed by atoms with Crippen LogP contribution in [0, 0.1) is 0 Å². The molecule has 2 aromatic heterocycles. The SMILES string of the molecule is CCc1ccc(CN2C[C@@H]3[C@@H](C2)n2cccc2C(=O)N3Cc2ccccn2)cc1. The normalized spacial score (nSPS) is 21.3. The van der Waals surface area contributed by atoms with Gasteiger partial charge in [0.25, 0.3) is 5.91 Å². The van der Waals surface area contributed by atoms with Gasteiger partial charge in [-0.05, 0) is 41.8 Å². The molecule has 0 aliphatic carbocycles. The van der Waals surface area contributed by atoms with Crippen molar-refractivity contribution in [2.24, 2.45) is 0 Å². The Morgan fingerprint density at radius 1 is 0.931 bits per heavy atom. The minimum atomic E-state index is 0.107. The average Bonchev–Trinajstić information content (AvgIpc) is 3.40. The molecule has 5 rings (SSSR count). The molecule has 1 aromatic carbocycles. The number of amides is 1. The van der Waals surface area contributed by atoms with E-state index in [1.165, 1.54) is 11.1 Å². The largest absolute Gasteiger partial charge is 0.337 e. The monoisotopic (exact) mass is 386 g/mol. The maximum Gasteiger partial charge on any atom is 0.271 e. The summed E-state index contributed by atoms with van der Waals surface area (Å²) in [6.45, 7) is 5.50. The molecule has 5 heteroatoms. The first-order chi connectivity index (χ1) is 14.2. The van der Waals surface area contributed by atoms with Gasteiger partial charge in [-0.15, -0.1) is 0 Å². The third-order valence-corrected chi connectivity index (χ3v) is 6.25. The number of fused-ring (bicyclic) bond motifs is 3. The van der Waals surface area contributed by atoms with Crippen molar-refractivity contribution in [1.82, 2.24) is 19.4 Å². The van der Waals surface area contributed by atoms with Crippen molar-refractivity contribution in [3.05, 3.63) is 89.5 Å². The Kier molecular flexibility index (Phi) is 4.68. The van der Waals surface area contributed by atoms with E-state index in [0.717, 1.165) is 37.4 Å². The van der Waals surface area contributed by atoms with Crippen molar-refractivity contribution < 1.29 is 4.79 Å². The molecule has 148 valence electrons. The van der Waals surface area contributed by atoms with Crippen molar-refractivity contribution in [3.8, 4) is 0 Å². The third-order valence-electron chi connectivity index (χ3n) is 6.25. The van der Waals surface area contributed by atoms with Crippen LogP contribution in [0.15, 0.2) is 67.0 Å². The molecule has 29 heavy (non-hydrogen) atoms. The number of likely N-dealkylation sites (tertiary alicyclic amines) is 1. The van der Waals surface area contributed by atoms with Crippen molar-refractivity contribution in [3.63, 3.8) is 0 Å². The first-order valence-electron chi connectivity index (χ1n) is 10.4. The van der Waals surface area contributed by atoms with Crippen LogP contribution in [0.5, 0.6) is 0 Å². The van der Waals surface area contributed by atoms with Crippen LogP contribution in [0.2, 0.25) is 0 Å². The summed E-state index contributed by atoms with van der Waals surface area (Å²) in [6.07, 6.45) is 4.92. The lowest BCUT2D eigenvalue weighted by molar-refractivity contribution is 0.0553. The van der Waals surface area contributed by atoms with Gasteiger partial charge in [0.15, 0.2) is 0 Å². The molecule has 0 bridgehead atoms. The Morgan fingerprint density at radius 2 is 1.72 bits per heavy atom. The standard InChI is InChI=1S/C24H26N4O/c1-2-18-8-10-19(11-9-18)14-26-16-22-23(17-26)28(15-20-6-3-4-12-25-20)24(29)21-7-5-13-27(21)22/h3-13,22-23H,2,14-17H2,1H3/t22-,23-/m1/s1. The number of hydrogen-bond donors (Lipinski definition) is 0. The van der Waals surface area contributed by atoms with Crippen LogP contribution in [0.25, 0.3) is 0 Å². The van der Waals surface area contributed by atoms with Crippen LogP contribution in [-0.2, 0) is 19.5 Å². The molecule has 5 nitrogen and oxygen atoms in total. The van der Waals surface area contributed by atoms with Gasteiger partial charge in [-0.1, -0.05) is 37.3 Å². The number of pyridine rings is 1. The number of rotatable bonds is 5. The van der Waals surface area contributed by atoms with E-state index in [1.54, 1.807) is 6.20 Å². The van der Waals surface area contributed by atoms with Gasteiger partial charge in [-0.25, -0.2) is 0 Å². The molecule has 0 spiro atoms. The van der Waals surface area contributed by atoms with Crippen molar-refractivity contribution in [1.29, 1.82) is 0 Å². The number of carbonyl (C=O) groups is 1. The van der Waals surface area contributed by atoms with Gasteiger partial charge in [0.1, 0.15) is 5.69 Å². The van der Waals surface area contributed by atoms with Gasteiger partial charge >= 0.3 is 0 Å². The summed E-state index contributed by atoms with van der Waals surface area (Å²) in [5, 5.41) is 0. The fourth-order valence-corrected chi connectivity index (χ4v) is 4.71. The second kappa shape index (κ2) is 7.48. The molecule has 2 aliphatic rings. The van der Waals surface area contributed by atoms with Gasteiger partial charge in [-0.2, -0.15) is 0 Å². The summed E-state index contributed by atoms with van der Waals surface area (Å²) in [5.74, 6) is 0.107. The average molecular weight is 386 g/mol. The van der Waals surface area contributed by atoms with Crippen LogP contribution in [-0.4, -0.2) is 44.4 Å².